The molecule has 0 atom stereocenters. The Bertz CT molecular complexity index is 573. The maximum Gasteiger partial charge on any atom is 0.128 e. The summed E-state index contributed by atoms with van der Waals surface area (Å²) in [6.45, 7) is 0. The fraction of sp³-hybridized carbons (Fsp3) is 0.400. The first-order valence-corrected chi connectivity index (χ1v) is 7.49. The number of ether oxygens (including phenoxy) is 1. The van der Waals surface area contributed by atoms with E-state index in [1.807, 2.05) is 24.3 Å². The number of aromatic nitrogens is 1. The first-order chi connectivity index (χ1) is 9.23. The van der Waals surface area contributed by atoms with E-state index >= 15 is 0 Å². The third-order valence-electron chi connectivity index (χ3n) is 3.81. The predicted molar refractivity (Wildman–Crippen MR) is 78.4 cm³/mol. The van der Waals surface area contributed by atoms with Gasteiger partial charge in [0.2, 0.25) is 0 Å². The van der Waals surface area contributed by atoms with Gasteiger partial charge in [-0.3, -0.25) is 0 Å². The van der Waals surface area contributed by atoms with Gasteiger partial charge in [-0.1, -0.05) is 25.0 Å². The van der Waals surface area contributed by atoms with Crippen LogP contribution in [0.3, 0.4) is 0 Å². The minimum Gasteiger partial charge on any atom is -0.496 e. The minimum atomic E-state index is -0.203. The third kappa shape index (κ3) is 2.26. The number of hydrogen-bond acceptors (Lipinski definition) is 4. The Hall–Kier alpha value is -1.39. The SMILES string of the molecule is COc1ccccc1-c1csc(C2(N)CCCC2)n1. The quantitative estimate of drug-likeness (QED) is 0.931. The smallest absolute Gasteiger partial charge is 0.128 e. The van der Waals surface area contributed by atoms with Crippen molar-refractivity contribution in [1.29, 1.82) is 0 Å². The van der Waals surface area contributed by atoms with Crippen molar-refractivity contribution in [1.82, 2.24) is 4.98 Å². The number of hydrogen-bond donors (Lipinski definition) is 1. The lowest BCUT2D eigenvalue weighted by Gasteiger charge is -2.19. The molecule has 1 saturated carbocycles. The van der Waals surface area contributed by atoms with E-state index < -0.39 is 0 Å². The molecule has 0 radical (unpaired) electrons. The second-order valence-corrected chi connectivity index (χ2v) is 5.96. The van der Waals surface area contributed by atoms with E-state index in [9.17, 15) is 0 Å². The van der Waals surface area contributed by atoms with Crippen LogP contribution >= 0.6 is 11.3 Å². The van der Waals surface area contributed by atoms with Crippen molar-refractivity contribution in [3.05, 3.63) is 34.7 Å². The molecule has 0 bridgehead atoms. The topological polar surface area (TPSA) is 48.1 Å². The number of nitrogens with two attached hydrogens (primary N) is 1. The highest BCUT2D eigenvalue weighted by Crippen LogP contribution is 2.40. The largest absolute Gasteiger partial charge is 0.496 e. The second kappa shape index (κ2) is 4.94. The molecular formula is C15H18N2OS. The molecule has 0 saturated heterocycles. The summed E-state index contributed by atoms with van der Waals surface area (Å²) in [6, 6.07) is 7.97. The molecule has 1 aromatic heterocycles. The maximum atomic E-state index is 6.46. The average Bonchev–Trinajstić information content (AvgIpc) is 3.08. The molecule has 1 heterocycles. The van der Waals surface area contributed by atoms with Crippen LogP contribution in [0.4, 0.5) is 0 Å². The highest BCUT2D eigenvalue weighted by atomic mass is 32.1. The van der Waals surface area contributed by atoms with Crippen LogP contribution in [-0.2, 0) is 5.54 Å². The Morgan fingerprint density at radius 3 is 2.74 bits per heavy atom. The van der Waals surface area contributed by atoms with E-state index in [2.05, 4.69) is 5.38 Å². The highest BCUT2D eigenvalue weighted by molar-refractivity contribution is 7.10. The van der Waals surface area contributed by atoms with Crippen molar-refractivity contribution in [2.24, 2.45) is 5.73 Å². The lowest BCUT2D eigenvalue weighted by molar-refractivity contribution is 0.416. The number of methoxy groups -OCH3 is 1. The van der Waals surface area contributed by atoms with Gasteiger partial charge in [0.15, 0.2) is 0 Å². The zero-order valence-electron chi connectivity index (χ0n) is 11.1. The van der Waals surface area contributed by atoms with Crippen molar-refractivity contribution in [3.8, 4) is 17.0 Å². The van der Waals surface area contributed by atoms with E-state index in [-0.39, 0.29) is 5.54 Å². The minimum absolute atomic E-state index is 0.203. The van der Waals surface area contributed by atoms with Crippen molar-refractivity contribution in [2.45, 2.75) is 31.2 Å². The standard InChI is InChI=1S/C15H18N2OS/c1-18-13-7-3-2-6-11(13)12-10-19-14(17-12)15(16)8-4-5-9-15/h2-3,6-7,10H,4-5,8-9,16H2,1H3. The van der Waals surface area contributed by atoms with E-state index in [1.54, 1.807) is 18.4 Å². The molecule has 1 fully saturated rings. The van der Waals surface area contributed by atoms with Gasteiger partial charge in [0, 0.05) is 10.9 Å². The summed E-state index contributed by atoms with van der Waals surface area (Å²) in [5, 5.41) is 3.14. The molecule has 1 aliphatic rings. The molecule has 0 spiro atoms. The summed E-state index contributed by atoms with van der Waals surface area (Å²) < 4.78 is 5.39. The van der Waals surface area contributed by atoms with Gasteiger partial charge in [-0.2, -0.15) is 0 Å². The van der Waals surface area contributed by atoms with Gasteiger partial charge in [-0.05, 0) is 25.0 Å². The van der Waals surface area contributed by atoms with Crippen molar-refractivity contribution in [3.63, 3.8) is 0 Å². The first kappa shape index (κ1) is 12.6. The van der Waals surface area contributed by atoms with Crippen LogP contribution in [0.5, 0.6) is 5.75 Å². The van der Waals surface area contributed by atoms with Gasteiger partial charge in [0.1, 0.15) is 10.8 Å². The predicted octanol–water partition coefficient (Wildman–Crippen LogP) is 3.55. The number of para-hydroxylation sites is 1. The van der Waals surface area contributed by atoms with E-state index in [0.717, 1.165) is 34.9 Å². The van der Waals surface area contributed by atoms with Gasteiger partial charge in [-0.15, -0.1) is 11.3 Å². The van der Waals surface area contributed by atoms with Crippen molar-refractivity contribution < 1.29 is 4.74 Å². The van der Waals surface area contributed by atoms with E-state index in [4.69, 9.17) is 15.5 Å². The zero-order chi connectivity index (χ0) is 13.3. The van der Waals surface area contributed by atoms with E-state index in [1.165, 1.54) is 12.8 Å². The summed E-state index contributed by atoms with van der Waals surface area (Å²) in [4.78, 5) is 4.76. The number of thiazole rings is 1. The van der Waals surface area contributed by atoms with Crippen molar-refractivity contribution >= 4 is 11.3 Å². The Morgan fingerprint density at radius 2 is 2.00 bits per heavy atom. The van der Waals surface area contributed by atoms with Gasteiger partial charge >= 0.3 is 0 Å². The fourth-order valence-corrected chi connectivity index (χ4v) is 3.69. The highest BCUT2D eigenvalue weighted by Gasteiger charge is 2.34. The molecule has 1 aromatic carbocycles. The van der Waals surface area contributed by atoms with Gasteiger partial charge in [-0.25, -0.2) is 4.98 Å². The fourth-order valence-electron chi connectivity index (χ4n) is 2.70. The monoisotopic (exact) mass is 274 g/mol. The van der Waals surface area contributed by atoms with Crippen molar-refractivity contribution in [2.75, 3.05) is 7.11 Å². The molecule has 100 valence electrons. The zero-order valence-corrected chi connectivity index (χ0v) is 11.9. The molecule has 0 amide bonds. The summed E-state index contributed by atoms with van der Waals surface area (Å²) in [5.74, 6) is 0.858. The van der Waals surface area contributed by atoms with Crippen LogP contribution in [0, 0.1) is 0 Å². The van der Waals surface area contributed by atoms with Crippen LogP contribution in [-0.4, -0.2) is 12.1 Å². The molecule has 0 unspecified atom stereocenters. The average molecular weight is 274 g/mol. The van der Waals surface area contributed by atoms with Crippen LogP contribution in [0.15, 0.2) is 29.6 Å². The van der Waals surface area contributed by atoms with Crippen LogP contribution < -0.4 is 10.5 Å². The number of nitrogens with zero attached hydrogens (tertiary/aromatic N) is 1. The Morgan fingerprint density at radius 1 is 1.26 bits per heavy atom. The molecular weight excluding hydrogens is 256 g/mol. The molecule has 3 nitrogen and oxygen atoms in total. The molecule has 2 aromatic rings. The van der Waals surface area contributed by atoms with E-state index in [0.29, 0.717) is 0 Å². The number of benzene rings is 1. The summed E-state index contributed by atoms with van der Waals surface area (Å²) >= 11 is 1.67. The Balaban J connectivity index is 1.97. The lowest BCUT2D eigenvalue weighted by atomic mass is 10.0. The Kier molecular flexibility index (Phi) is 3.29. The molecule has 0 aliphatic heterocycles. The van der Waals surface area contributed by atoms with Crippen LogP contribution in [0.2, 0.25) is 0 Å². The second-order valence-electron chi connectivity index (χ2n) is 5.10. The van der Waals surface area contributed by atoms with Crippen LogP contribution in [0.25, 0.3) is 11.3 Å². The first-order valence-electron chi connectivity index (χ1n) is 6.61. The molecule has 3 rings (SSSR count). The van der Waals surface area contributed by atoms with Gasteiger partial charge in [0.05, 0.1) is 18.3 Å². The van der Waals surface area contributed by atoms with Gasteiger partial charge < -0.3 is 10.5 Å². The van der Waals surface area contributed by atoms with Crippen LogP contribution in [0.1, 0.15) is 30.7 Å². The van der Waals surface area contributed by atoms with Gasteiger partial charge in [0.25, 0.3) is 0 Å². The number of rotatable bonds is 3. The molecule has 19 heavy (non-hydrogen) atoms. The summed E-state index contributed by atoms with van der Waals surface area (Å²) in [6.07, 6.45) is 4.51. The molecule has 1 aliphatic carbocycles. The summed E-state index contributed by atoms with van der Waals surface area (Å²) in [5.41, 5.74) is 8.26. The maximum absolute atomic E-state index is 6.46. The molecule has 4 heteroatoms. The molecule has 2 N–H and O–H groups in total. The Labute approximate surface area is 117 Å². The summed E-state index contributed by atoms with van der Waals surface area (Å²) in [7, 11) is 1.69. The lowest BCUT2D eigenvalue weighted by Crippen LogP contribution is -2.32. The normalized spacial score (nSPS) is 17.6. The third-order valence-corrected chi connectivity index (χ3v) is 4.87.